The molecule has 0 aromatic carbocycles. The Morgan fingerprint density at radius 3 is 1.31 bits per heavy atom. The van der Waals surface area contributed by atoms with Gasteiger partial charge in [-0.05, 0) is 12.8 Å². The molecule has 2 amide bonds. The lowest BCUT2D eigenvalue weighted by Crippen LogP contribution is -2.10. The SMILES string of the molecule is Br.NC(=O)CCCCCCC(N)=O. The minimum absolute atomic E-state index is 0. The van der Waals surface area contributed by atoms with Crippen molar-refractivity contribution in [2.45, 2.75) is 38.5 Å². The molecule has 13 heavy (non-hydrogen) atoms. The van der Waals surface area contributed by atoms with E-state index in [0.717, 1.165) is 25.7 Å². The van der Waals surface area contributed by atoms with Gasteiger partial charge in [0.1, 0.15) is 0 Å². The number of amides is 2. The first-order valence-corrected chi connectivity index (χ1v) is 4.19. The minimum atomic E-state index is -0.259. The molecule has 4 N–H and O–H groups in total. The number of nitrogens with two attached hydrogens (primary N) is 2. The highest BCUT2D eigenvalue weighted by Gasteiger charge is 1.96. The predicted octanol–water partition coefficient (Wildman–Crippen LogP) is 0.875. The Morgan fingerprint density at radius 2 is 1.08 bits per heavy atom. The van der Waals surface area contributed by atoms with Crippen molar-refractivity contribution in [1.82, 2.24) is 0 Å². The summed E-state index contributed by atoms with van der Waals surface area (Å²) in [6, 6.07) is 0. The van der Waals surface area contributed by atoms with E-state index >= 15 is 0 Å². The molecule has 0 saturated carbocycles. The van der Waals surface area contributed by atoms with Gasteiger partial charge in [-0.3, -0.25) is 9.59 Å². The first-order chi connectivity index (χ1) is 5.63. The van der Waals surface area contributed by atoms with Gasteiger partial charge in [0.15, 0.2) is 0 Å². The number of primary amides is 2. The lowest BCUT2D eigenvalue weighted by Gasteiger charge is -1.97. The molecular formula is C8H17BrN2O2. The van der Waals surface area contributed by atoms with E-state index in [1.807, 2.05) is 0 Å². The van der Waals surface area contributed by atoms with Crippen LogP contribution in [0, 0.1) is 0 Å². The molecule has 5 heteroatoms. The van der Waals surface area contributed by atoms with E-state index in [0.29, 0.717) is 12.8 Å². The van der Waals surface area contributed by atoms with Crippen LogP contribution in [-0.2, 0) is 9.59 Å². The highest BCUT2D eigenvalue weighted by Crippen LogP contribution is 2.04. The summed E-state index contributed by atoms with van der Waals surface area (Å²) in [5, 5.41) is 0. The summed E-state index contributed by atoms with van der Waals surface area (Å²) in [5.74, 6) is -0.519. The molecule has 0 aromatic rings. The number of hydrogen-bond acceptors (Lipinski definition) is 2. The Bertz CT molecular complexity index is 144. The third kappa shape index (κ3) is 14.3. The van der Waals surface area contributed by atoms with Crippen LogP contribution in [0.4, 0.5) is 0 Å². The molecule has 0 bridgehead atoms. The molecule has 78 valence electrons. The van der Waals surface area contributed by atoms with Gasteiger partial charge < -0.3 is 11.5 Å². The number of hydrogen-bond donors (Lipinski definition) is 2. The third-order valence-electron chi connectivity index (χ3n) is 1.60. The number of carbonyl (C=O) groups is 2. The van der Waals surface area contributed by atoms with Crippen molar-refractivity contribution in [3.8, 4) is 0 Å². The molecule has 0 heterocycles. The van der Waals surface area contributed by atoms with Gasteiger partial charge in [-0.2, -0.15) is 0 Å². The number of unbranched alkanes of at least 4 members (excludes halogenated alkanes) is 3. The highest BCUT2D eigenvalue weighted by molar-refractivity contribution is 8.93. The van der Waals surface area contributed by atoms with Crippen LogP contribution >= 0.6 is 17.0 Å². The number of halogens is 1. The maximum Gasteiger partial charge on any atom is 0.217 e. The molecule has 0 fully saturated rings. The first kappa shape index (κ1) is 14.9. The summed E-state index contributed by atoms with van der Waals surface area (Å²) in [7, 11) is 0. The van der Waals surface area contributed by atoms with Crippen molar-refractivity contribution in [3.63, 3.8) is 0 Å². The standard InChI is InChI=1S/C8H16N2O2.BrH/c9-7(11)5-3-1-2-4-6-8(10)12;/h1-6H2,(H2,9,11)(H2,10,12);1H. The molecule has 0 radical (unpaired) electrons. The molecule has 0 aromatic heterocycles. The fourth-order valence-electron chi connectivity index (χ4n) is 0.952. The summed E-state index contributed by atoms with van der Waals surface area (Å²) in [6.45, 7) is 0. The Labute approximate surface area is 88.8 Å². The number of rotatable bonds is 7. The van der Waals surface area contributed by atoms with Crippen LogP contribution < -0.4 is 11.5 Å². The smallest absolute Gasteiger partial charge is 0.217 e. The van der Waals surface area contributed by atoms with Gasteiger partial charge in [-0.1, -0.05) is 12.8 Å². The normalized spacial score (nSPS) is 8.92. The molecule has 0 atom stereocenters. The van der Waals surface area contributed by atoms with Crippen LogP contribution in [0.3, 0.4) is 0 Å². The van der Waals surface area contributed by atoms with Gasteiger partial charge in [0, 0.05) is 12.8 Å². The molecule has 0 aliphatic rings. The van der Waals surface area contributed by atoms with Crippen molar-refractivity contribution in [1.29, 1.82) is 0 Å². The minimum Gasteiger partial charge on any atom is -0.370 e. The predicted molar refractivity (Wildman–Crippen MR) is 56.4 cm³/mol. The number of carbonyl (C=O) groups excluding carboxylic acids is 2. The molecule has 0 rings (SSSR count). The van der Waals surface area contributed by atoms with Crippen LogP contribution in [0.5, 0.6) is 0 Å². The molecule has 0 spiro atoms. The van der Waals surface area contributed by atoms with Crippen LogP contribution in [0.15, 0.2) is 0 Å². The van der Waals surface area contributed by atoms with Crippen molar-refractivity contribution >= 4 is 28.8 Å². The average Bonchev–Trinajstić information content (AvgIpc) is 1.95. The molecule has 4 nitrogen and oxygen atoms in total. The molecule has 0 aliphatic heterocycles. The van der Waals surface area contributed by atoms with Crippen LogP contribution in [0.2, 0.25) is 0 Å². The highest BCUT2D eigenvalue weighted by atomic mass is 79.9. The topological polar surface area (TPSA) is 86.2 Å². The van der Waals surface area contributed by atoms with E-state index in [1.165, 1.54) is 0 Å². The van der Waals surface area contributed by atoms with Crippen molar-refractivity contribution in [3.05, 3.63) is 0 Å². The van der Waals surface area contributed by atoms with Crippen molar-refractivity contribution in [2.75, 3.05) is 0 Å². The molecule has 0 unspecified atom stereocenters. The summed E-state index contributed by atoms with van der Waals surface area (Å²) in [4.78, 5) is 20.6. The lowest BCUT2D eigenvalue weighted by molar-refractivity contribution is -0.119. The zero-order valence-electron chi connectivity index (χ0n) is 7.62. The fourth-order valence-corrected chi connectivity index (χ4v) is 0.952. The van der Waals surface area contributed by atoms with E-state index in [9.17, 15) is 9.59 Å². The van der Waals surface area contributed by atoms with Gasteiger partial charge in [-0.15, -0.1) is 17.0 Å². The van der Waals surface area contributed by atoms with Crippen molar-refractivity contribution in [2.24, 2.45) is 11.5 Å². The summed E-state index contributed by atoms with van der Waals surface area (Å²) in [6.07, 6.45) is 4.39. The average molecular weight is 253 g/mol. The van der Waals surface area contributed by atoms with E-state index < -0.39 is 0 Å². The van der Waals surface area contributed by atoms with Crippen LogP contribution in [0.1, 0.15) is 38.5 Å². The Kier molecular flexibility index (Phi) is 10.9. The van der Waals surface area contributed by atoms with Crippen LogP contribution in [0.25, 0.3) is 0 Å². The Morgan fingerprint density at radius 1 is 0.769 bits per heavy atom. The zero-order valence-corrected chi connectivity index (χ0v) is 9.34. The zero-order chi connectivity index (χ0) is 9.40. The largest absolute Gasteiger partial charge is 0.370 e. The molecular weight excluding hydrogens is 236 g/mol. The van der Waals surface area contributed by atoms with E-state index in [-0.39, 0.29) is 28.8 Å². The summed E-state index contributed by atoms with van der Waals surface area (Å²) in [5.41, 5.74) is 9.88. The van der Waals surface area contributed by atoms with Crippen molar-refractivity contribution < 1.29 is 9.59 Å². The van der Waals surface area contributed by atoms with Gasteiger partial charge in [0.25, 0.3) is 0 Å². The second kappa shape index (κ2) is 9.51. The van der Waals surface area contributed by atoms with E-state index in [1.54, 1.807) is 0 Å². The second-order valence-corrected chi connectivity index (χ2v) is 2.85. The Hall–Kier alpha value is -0.580. The van der Waals surface area contributed by atoms with E-state index in [2.05, 4.69) is 0 Å². The van der Waals surface area contributed by atoms with Gasteiger partial charge in [0.2, 0.25) is 11.8 Å². The quantitative estimate of drug-likeness (QED) is 0.660. The van der Waals surface area contributed by atoms with Gasteiger partial charge in [-0.25, -0.2) is 0 Å². The lowest BCUT2D eigenvalue weighted by atomic mass is 10.1. The maximum atomic E-state index is 10.3. The summed E-state index contributed by atoms with van der Waals surface area (Å²) < 4.78 is 0. The first-order valence-electron chi connectivity index (χ1n) is 4.19. The van der Waals surface area contributed by atoms with Gasteiger partial charge >= 0.3 is 0 Å². The van der Waals surface area contributed by atoms with E-state index in [4.69, 9.17) is 11.5 Å². The maximum absolute atomic E-state index is 10.3. The monoisotopic (exact) mass is 252 g/mol. The van der Waals surface area contributed by atoms with Crippen LogP contribution in [-0.4, -0.2) is 11.8 Å². The third-order valence-corrected chi connectivity index (χ3v) is 1.60. The molecule has 0 saturated heterocycles. The molecule has 0 aliphatic carbocycles. The Balaban J connectivity index is 0. The summed E-state index contributed by atoms with van der Waals surface area (Å²) >= 11 is 0. The second-order valence-electron chi connectivity index (χ2n) is 2.85. The fraction of sp³-hybridized carbons (Fsp3) is 0.750. The van der Waals surface area contributed by atoms with Gasteiger partial charge in [0.05, 0.1) is 0 Å².